The van der Waals surface area contributed by atoms with Gasteiger partial charge in [-0.15, -0.1) is 0 Å². The summed E-state index contributed by atoms with van der Waals surface area (Å²) in [5.74, 6) is 2.76. The molecule has 0 spiro atoms. The van der Waals surface area contributed by atoms with Crippen molar-refractivity contribution in [3.05, 3.63) is 52.3 Å². The van der Waals surface area contributed by atoms with Crippen LogP contribution in [-0.2, 0) is 0 Å². The number of benzene rings is 2. The molecule has 146 valence electrons. The van der Waals surface area contributed by atoms with Gasteiger partial charge in [-0.05, 0) is 48.4 Å². The van der Waals surface area contributed by atoms with Gasteiger partial charge in [0.05, 0.1) is 19.7 Å². The summed E-state index contributed by atoms with van der Waals surface area (Å²) in [4.78, 5) is 9.27. The van der Waals surface area contributed by atoms with Crippen LogP contribution in [0.2, 0.25) is 0 Å². The number of rotatable bonds is 8. The van der Waals surface area contributed by atoms with E-state index in [0.29, 0.717) is 18.8 Å². The summed E-state index contributed by atoms with van der Waals surface area (Å²) >= 11 is 3.49. The van der Waals surface area contributed by atoms with Crippen molar-refractivity contribution in [1.29, 1.82) is 0 Å². The topological polar surface area (TPSA) is 76.5 Å². The molecule has 0 saturated heterocycles. The van der Waals surface area contributed by atoms with Crippen LogP contribution < -0.4 is 14.8 Å². The van der Waals surface area contributed by atoms with Gasteiger partial charge in [0.25, 0.3) is 0 Å². The van der Waals surface area contributed by atoms with Gasteiger partial charge < -0.3 is 19.9 Å². The van der Waals surface area contributed by atoms with Gasteiger partial charge in [0, 0.05) is 29.1 Å². The average molecular weight is 444 g/mol. The van der Waals surface area contributed by atoms with Gasteiger partial charge in [-0.2, -0.15) is 0 Å². The quantitative estimate of drug-likeness (QED) is 0.503. The third-order valence-corrected chi connectivity index (χ3v) is 4.59. The molecule has 6 nitrogen and oxygen atoms in total. The Bertz CT molecular complexity index is 970. The second kappa shape index (κ2) is 9.52. The number of hydrogen-bond acceptors (Lipinski definition) is 6. The molecule has 0 atom stereocenters. The lowest BCUT2D eigenvalue weighted by Crippen LogP contribution is -2.07. The van der Waals surface area contributed by atoms with Crippen LogP contribution in [0.3, 0.4) is 0 Å². The van der Waals surface area contributed by atoms with Crippen molar-refractivity contribution in [2.75, 3.05) is 32.7 Å². The van der Waals surface area contributed by atoms with E-state index in [1.165, 1.54) is 0 Å². The van der Waals surface area contributed by atoms with Crippen molar-refractivity contribution in [3.8, 4) is 11.5 Å². The van der Waals surface area contributed by atoms with E-state index in [0.717, 1.165) is 38.3 Å². The van der Waals surface area contributed by atoms with Gasteiger partial charge in [0.2, 0.25) is 0 Å². The van der Waals surface area contributed by atoms with Crippen LogP contribution in [0, 0.1) is 0 Å². The monoisotopic (exact) mass is 443 g/mol. The Morgan fingerprint density at radius 3 is 2.46 bits per heavy atom. The molecule has 0 amide bonds. The number of ether oxygens (including phenoxy) is 2. The van der Waals surface area contributed by atoms with Crippen molar-refractivity contribution in [3.63, 3.8) is 0 Å². The maximum Gasteiger partial charge on any atom is 0.154 e. The highest BCUT2D eigenvalue weighted by Crippen LogP contribution is 2.26. The number of aliphatic hydroxyl groups is 1. The first-order valence-electron chi connectivity index (χ1n) is 8.86. The van der Waals surface area contributed by atoms with Crippen LogP contribution in [-0.4, -0.2) is 42.4 Å². The maximum atomic E-state index is 9.04. The number of anilines is 1. The maximum absolute atomic E-state index is 9.04. The molecule has 2 aromatic carbocycles. The van der Waals surface area contributed by atoms with E-state index in [-0.39, 0.29) is 6.61 Å². The lowest BCUT2D eigenvalue weighted by Gasteiger charge is -2.10. The smallest absolute Gasteiger partial charge is 0.154 e. The molecule has 0 bridgehead atoms. The van der Waals surface area contributed by atoms with Crippen molar-refractivity contribution in [1.82, 2.24) is 9.97 Å². The zero-order valence-electron chi connectivity index (χ0n) is 15.8. The minimum Gasteiger partial charge on any atom is -0.497 e. The van der Waals surface area contributed by atoms with E-state index in [1.807, 2.05) is 48.6 Å². The summed E-state index contributed by atoms with van der Waals surface area (Å²) in [7, 11) is 3.24. The minimum atomic E-state index is 0.129. The summed E-state index contributed by atoms with van der Waals surface area (Å²) < 4.78 is 11.6. The average Bonchev–Trinajstić information content (AvgIpc) is 2.72. The molecule has 0 saturated carbocycles. The predicted molar refractivity (Wildman–Crippen MR) is 116 cm³/mol. The molecule has 7 heteroatoms. The molecule has 0 aliphatic heterocycles. The van der Waals surface area contributed by atoms with Gasteiger partial charge >= 0.3 is 0 Å². The van der Waals surface area contributed by atoms with Crippen molar-refractivity contribution >= 4 is 44.8 Å². The first-order chi connectivity index (χ1) is 13.6. The van der Waals surface area contributed by atoms with Gasteiger partial charge in [0.1, 0.15) is 17.3 Å². The lowest BCUT2D eigenvalue weighted by atomic mass is 10.2. The van der Waals surface area contributed by atoms with Gasteiger partial charge in [0.15, 0.2) is 5.82 Å². The molecule has 0 fully saturated rings. The molecule has 0 radical (unpaired) electrons. The number of fused-ring (bicyclic) bond motifs is 1. The third kappa shape index (κ3) is 4.99. The molecular formula is C21H22BrN3O3. The van der Waals surface area contributed by atoms with Gasteiger partial charge in [-0.25, -0.2) is 9.97 Å². The number of aromatic nitrogens is 2. The normalized spacial score (nSPS) is 11.1. The predicted octanol–water partition coefficient (Wildman–Crippen LogP) is 4.37. The molecule has 28 heavy (non-hydrogen) atoms. The number of methoxy groups -OCH3 is 2. The molecular weight excluding hydrogens is 422 g/mol. The van der Waals surface area contributed by atoms with E-state index in [4.69, 9.17) is 14.6 Å². The zero-order chi connectivity index (χ0) is 19.9. The van der Waals surface area contributed by atoms with E-state index in [2.05, 4.69) is 31.2 Å². The van der Waals surface area contributed by atoms with E-state index in [1.54, 1.807) is 14.2 Å². The second-order valence-electron chi connectivity index (χ2n) is 6.08. The van der Waals surface area contributed by atoms with Crippen LogP contribution in [0.4, 0.5) is 5.82 Å². The molecule has 1 heterocycles. The fraction of sp³-hybridized carbons (Fsp3) is 0.238. The Hall–Kier alpha value is -2.64. The summed E-state index contributed by atoms with van der Waals surface area (Å²) in [5, 5.41) is 13.2. The summed E-state index contributed by atoms with van der Waals surface area (Å²) in [6.45, 7) is 0.759. The van der Waals surface area contributed by atoms with E-state index in [9.17, 15) is 0 Å². The Labute approximate surface area is 172 Å². The van der Waals surface area contributed by atoms with Crippen molar-refractivity contribution < 1.29 is 14.6 Å². The first kappa shape index (κ1) is 20.1. The van der Waals surface area contributed by atoms with Crippen LogP contribution >= 0.6 is 15.9 Å². The zero-order valence-corrected chi connectivity index (χ0v) is 17.4. The Balaban J connectivity index is 1.96. The lowest BCUT2D eigenvalue weighted by molar-refractivity contribution is 0.292. The van der Waals surface area contributed by atoms with Crippen LogP contribution in [0.15, 0.2) is 40.9 Å². The van der Waals surface area contributed by atoms with E-state index >= 15 is 0 Å². The number of aliphatic hydroxyl groups excluding tert-OH is 1. The number of nitrogens with one attached hydrogen (secondary N) is 1. The van der Waals surface area contributed by atoms with Gasteiger partial charge in [-0.1, -0.05) is 22.0 Å². The summed E-state index contributed by atoms with van der Waals surface area (Å²) in [5.41, 5.74) is 1.76. The highest BCUT2D eigenvalue weighted by Gasteiger charge is 2.07. The largest absolute Gasteiger partial charge is 0.497 e. The Morgan fingerprint density at radius 1 is 1.04 bits per heavy atom. The summed E-state index contributed by atoms with van der Waals surface area (Å²) in [6, 6.07) is 11.5. The SMILES string of the molecule is COc1cc(/C=C/c2nc(NCCCO)c3cc(Br)ccc3n2)cc(OC)c1. The molecule has 0 aliphatic carbocycles. The van der Waals surface area contributed by atoms with E-state index < -0.39 is 0 Å². The highest BCUT2D eigenvalue weighted by atomic mass is 79.9. The van der Waals surface area contributed by atoms with Crippen LogP contribution in [0.5, 0.6) is 11.5 Å². The number of nitrogens with zero attached hydrogens (tertiary/aromatic N) is 2. The fourth-order valence-electron chi connectivity index (χ4n) is 2.71. The second-order valence-corrected chi connectivity index (χ2v) is 6.99. The molecule has 0 unspecified atom stereocenters. The minimum absolute atomic E-state index is 0.129. The third-order valence-electron chi connectivity index (χ3n) is 4.10. The molecule has 3 aromatic rings. The van der Waals surface area contributed by atoms with Crippen LogP contribution in [0.1, 0.15) is 17.8 Å². The first-order valence-corrected chi connectivity index (χ1v) is 9.65. The van der Waals surface area contributed by atoms with Crippen molar-refractivity contribution in [2.24, 2.45) is 0 Å². The molecule has 3 rings (SSSR count). The molecule has 0 aliphatic rings. The van der Waals surface area contributed by atoms with Gasteiger partial charge in [-0.3, -0.25) is 0 Å². The standard InChI is InChI=1S/C21H22BrN3O3/c1-27-16-10-14(11-17(13-16)28-2)4-7-20-24-19-6-5-15(22)12-18(19)21(25-20)23-8-3-9-26/h4-7,10-13,26H,3,8-9H2,1-2H3,(H,23,24,25)/b7-4+. The Morgan fingerprint density at radius 2 is 1.79 bits per heavy atom. The van der Waals surface area contributed by atoms with Crippen LogP contribution in [0.25, 0.3) is 23.1 Å². The highest BCUT2D eigenvalue weighted by molar-refractivity contribution is 9.10. The number of hydrogen-bond donors (Lipinski definition) is 2. The fourth-order valence-corrected chi connectivity index (χ4v) is 3.07. The number of halogens is 1. The Kier molecular flexibility index (Phi) is 6.84. The summed E-state index contributed by atoms with van der Waals surface area (Å²) in [6.07, 6.45) is 4.42. The molecule has 2 N–H and O–H groups in total. The molecule has 1 aromatic heterocycles. The van der Waals surface area contributed by atoms with Crippen molar-refractivity contribution in [2.45, 2.75) is 6.42 Å².